The van der Waals surface area contributed by atoms with Crippen LogP contribution in [0.15, 0.2) is 35.4 Å². The first-order valence-corrected chi connectivity index (χ1v) is 10.8. The molecule has 0 amide bonds. The Hall–Kier alpha value is -2.82. The van der Waals surface area contributed by atoms with Crippen LogP contribution in [0.5, 0.6) is 5.75 Å². The zero-order valence-corrected chi connectivity index (χ0v) is 18.4. The fourth-order valence-corrected chi connectivity index (χ4v) is 5.11. The second kappa shape index (κ2) is 7.46. The Kier molecular flexibility index (Phi) is 5.08. The minimum atomic E-state index is -3.96. The number of tetrazole rings is 1. The van der Waals surface area contributed by atoms with E-state index in [1.807, 2.05) is 0 Å². The van der Waals surface area contributed by atoms with Gasteiger partial charge in [0.2, 0.25) is 5.82 Å². The van der Waals surface area contributed by atoms with Crippen molar-refractivity contribution in [3.8, 4) is 28.7 Å². The molecule has 0 aliphatic carbocycles. The summed E-state index contributed by atoms with van der Waals surface area (Å²) in [6.45, 7) is 3.51. The fraction of sp³-hybridized carbons (Fsp3) is 0.167. The van der Waals surface area contributed by atoms with Gasteiger partial charge in [-0.25, -0.2) is 12.4 Å². The molecule has 1 aromatic carbocycles. The molecular formula is C18H16Cl2N6O3S. The summed E-state index contributed by atoms with van der Waals surface area (Å²) in [5, 5.41) is 14.5. The minimum Gasteiger partial charge on any atom is -0.494 e. The standard InChI is InChI=1S/C18H16Cl2N6O3S/c1-9-6-11(7-10(2)15(9)20)30(27,28)26-5-4-12(19)17(26)13-8-14(29-3)16(21-13)18-22-24-25-23-18/h4-8,21H,1-3H3,(H,22,23,24,25). The number of benzene rings is 1. The van der Waals surface area contributed by atoms with E-state index in [0.717, 1.165) is 3.97 Å². The molecule has 9 nitrogen and oxygen atoms in total. The summed E-state index contributed by atoms with van der Waals surface area (Å²) in [5.74, 6) is 0.671. The van der Waals surface area contributed by atoms with Crippen molar-refractivity contribution in [3.63, 3.8) is 0 Å². The summed E-state index contributed by atoms with van der Waals surface area (Å²) in [4.78, 5) is 3.18. The van der Waals surface area contributed by atoms with Crippen LogP contribution in [0.3, 0.4) is 0 Å². The Balaban J connectivity index is 1.89. The van der Waals surface area contributed by atoms with Crippen molar-refractivity contribution in [1.82, 2.24) is 29.6 Å². The molecular weight excluding hydrogens is 451 g/mol. The molecule has 30 heavy (non-hydrogen) atoms. The van der Waals surface area contributed by atoms with Gasteiger partial charge in [-0.15, -0.1) is 10.2 Å². The fourth-order valence-electron chi connectivity index (χ4n) is 3.17. The van der Waals surface area contributed by atoms with Gasteiger partial charge in [0, 0.05) is 17.3 Å². The first kappa shape index (κ1) is 20.5. The van der Waals surface area contributed by atoms with Gasteiger partial charge in [0.05, 0.1) is 28.4 Å². The average molecular weight is 467 g/mol. The molecule has 3 heterocycles. The molecule has 0 aliphatic heterocycles. The van der Waals surface area contributed by atoms with Gasteiger partial charge < -0.3 is 9.72 Å². The van der Waals surface area contributed by atoms with Gasteiger partial charge in [-0.1, -0.05) is 23.2 Å². The van der Waals surface area contributed by atoms with Crippen LogP contribution in [0.25, 0.3) is 22.9 Å². The van der Waals surface area contributed by atoms with Crippen LogP contribution in [0.4, 0.5) is 0 Å². The Morgan fingerprint density at radius 3 is 2.43 bits per heavy atom. The maximum atomic E-state index is 13.4. The van der Waals surface area contributed by atoms with E-state index in [-0.39, 0.29) is 21.4 Å². The number of H-pyrrole nitrogens is 2. The normalized spacial score (nSPS) is 11.8. The van der Waals surface area contributed by atoms with Gasteiger partial charge in [-0.2, -0.15) is 5.21 Å². The molecule has 156 valence electrons. The molecule has 0 saturated carbocycles. The van der Waals surface area contributed by atoms with Crippen LogP contribution in [-0.2, 0) is 10.0 Å². The van der Waals surface area contributed by atoms with Gasteiger partial charge >= 0.3 is 0 Å². The van der Waals surface area contributed by atoms with E-state index >= 15 is 0 Å². The van der Waals surface area contributed by atoms with Crippen LogP contribution >= 0.6 is 23.2 Å². The first-order valence-electron chi connectivity index (χ1n) is 8.64. The number of aromatic amines is 2. The number of methoxy groups -OCH3 is 1. The molecule has 0 bridgehead atoms. The van der Waals surface area contributed by atoms with E-state index in [1.165, 1.54) is 31.5 Å². The summed E-state index contributed by atoms with van der Waals surface area (Å²) in [6.07, 6.45) is 1.40. The highest BCUT2D eigenvalue weighted by Gasteiger charge is 2.26. The maximum Gasteiger partial charge on any atom is 0.268 e. The molecule has 12 heteroatoms. The van der Waals surface area contributed by atoms with E-state index in [0.29, 0.717) is 33.3 Å². The van der Waals surface area contributed by atoms with Gasteiger partial charge in [0.25, 0.3) is 10.0 Å². The number of rotatable bonds is 5. The molecule has 0 saturated heterocycles. The summed E-state index contributed by atoms with van der Waals surface area (Å²) < 4.78 is 33.3. The average Bonchev–Trinajstić information content (AvgIpc) is 3.44. The van der Waals surface area contributed by atoms with Crippen LogP contribution in [0, 0.1) is 13.8 Å². The Morgan fingerprint density at radius 1 is 1.13 bits per heavy atom. The van der Waals surface area contributed by atoms with Crippen LogP contribution in [0.1, 0.15) is 11.1 Å². The predicted octanol–water partition coefficient (Wildman–Crippen LogP) is 3.83. The second-order valence-corrected chi connectivity index (χ2v) is 9.15. The summed E-state index contributed by atoms with van der Waals surface area (Å²) in [5.41, 5.74) is 2.41. The lowest BCUT2D eigenvalue weighted by molar-refractivity contribution is 0.417. The SMILES string of the molecule is COc1cc(-c2c(Cl)ccn2S(=O)(=O)c2cc(C)c(Cl)c(C)c2)[nH]c1-c1nn[nH]n1. The third-order valence-corrected chi connectivity index (χ3v) is 7.15. The number of ether oxygens (including phenoxy) is 1. The summed E-state index contributed by atoms with van der Waals surface area (Å²) in [7, 11) is -2.48. The highest BCUT2D eigenvalue weighted by Crippen LogP contribution is 2.37. The van der Waals surface area contributed by atoms with Crippen LogP contribution < -0.4 is 4.74 Å². The Labute approximate surface area is 182 Å². The minimum absolute atomic E-state index is 0.104. The molecule has 4 aromatic rings. The molecule has 0 radical (unpaired) electrons. The Morgan fingerprint density at radius 2 is 1.83 bits per heavy atom. The predicted molar refractivity (Wildman–Crippen MR) is 112 cm³/mol. The lowest BCUT2D eigenvalue weighted by atomic mass is 10.2. The van der Waals surface area contributed by atoms with Crippen molar-refractivity contribution in [1.29, 1.82) is 0 Å². The number of nitrogens with one attached hydrogen (secondary N) is 2. The van der Waals surface area contributed by atoms with E-state index in [2.05, 4.69) is 25.6 Å². The quantitative estimate of drug-likeness (QED) is 0.461. The zero-order chi connectivity index (χ0) is 21.6. The van der Waals surface area contributed by atoms with E-state index < -0.39 is 10.0 Å². The van der Waals surface area contributed by atoms with Crippen LogP contribution in [-0.4, -0.2) is 45.1 Å². The number of hydrogen-bond acceptors (Lipinski definition) is 6. The maximum absolute atomic E-state index is 13.4. The lowest BCUT2D eigenvalue weighted by Gasteiger charge is -2.12. The molecule has 0 aliphatic rings. The smallest absolute Gasteiger partial charge is 0.268 e. The van der Waals surface area contributed by atoms with Crippen molar-refractivity contribution < 1.29 is 13.2 Å². The van der Waals surface area contributed by atoms with Crippen molar-refractivity contribution in [2.24, 2.45) is 0 Å². The van der Waals surface area contributed by atoms with Gasteiger partial charge in [-0.05, 0) is 48.4 Å². The van der Waals surface area contributed by atoms with E-state index in [4.69, 9.17) is 27.9 Å². The van der Waals surface area contributed by atoms with E-state index in [9.17, 15) is 8.42 Å². The van der Waals surface area contributed by atoms with Crippen LogP contribution in [0.2, 0.25) is 10.0 Å². The third-order valence-electron chi connectivity index (χ3n) is 4.60. The summed E-state index contributed by atoms with van der Waals surface area (Å²) >= 11 is 12.6. The Bertz CT molecular complexity index is 1320. The molecule has 4 rings (SSSR count). The molecule has 3 aromatic heterocycles. The molecule has 0 atom stereocenters. The number of aryl methyl sites for hydroxylation is 2. The molecule has 0 spiro atoms. The number of hydrogen-bond donors (Lipinski definition) is 2. The van der Waals surface area contributed by atoms with Crippen molar-refractivity contribution >= 4 is 33.2 Å². The van der Waals surface area contributed by atoms with E-state index in [1.54, 1.807) is 19.9 Å². The molecule has 0 unspecified atom stereocenters. The van der Waals surface area contributed by atoms with Crippen molar-refractivity contribution in [2.45, 2.75) is 18.7 Å². The zero-order valence-electron chi connectivity index (χ0n) is 16.1. The third kappa shape index (κ3) is 3.26. The van der Waals surface area contributed by atoms with Gasteiger partial charge in [0.15, 0.2) is 0 Å². The topological polar surface area (TPSA) is 119 Å². The second-order valence-electron chi connectivity index (χ2n) is 6.55. The lowest BCUT2D eigenvalue weighted by Crippen LogP contribution is -2.14. The highest BCUT2D eigenvalue weighted by molar-refractivity contribution is 7.90. The monoisotopic (exact) mass is 466 g/mol. The van der Waals surface area contributed by atoms with Gasteiger partial charge in [0.1, 0.15) is 11.4 Å². The summed E-state index contributed by atoms with van der Waals surface area (Å²) in [6, 6.07) is 6.19. The highest BCUT2D eigenvalue weighted by atomic mass is 35.5. The van der Waals surface area contributed by atoms with Crippen molar-refractivity contribution in [2.75, 3.05) is 7.11 Å². The van der Waals surface area contributed by atoms with Crippen molar-refractivity contribution in [3.05, 3.63) is 51.6 Å². The number of nitrogens with zero attached hydrogens (tertiary/aromatic N) is 4. The van der Waals surface area contributed by atoms with Gasteiger partial charge in [-0.3, -0.25) is 0 Å². The number of aromatic nitrogens is 6. The molecule has 2 N–H and O–H groups in total. The molecule has 0 fully saturated rings. The largest absolute Gasteiger partial charge is 0.494 e. The first-order chi connectivity index (χ1) is 14.2. The number of halogens is 2.